The van der Waals surface area contributed by atoms with Crippen LogP contribution in [-0.4, -0.2) is 0 Å². The van der Waals surface area contributed by atoms with Crippen molar-refractivity contribution in [3.63, 3.8) is 0 Å². The molecule has 0 aliphatic rings. The molecule has 0 bridgehead atoms. The predicted molar refractivity (Wildman–Crippen MR) is 86.3 cm³/mol. The molecule has 1 aromatic carbocycles. The summed E-state index contributed by atoms with van der Waals surface area (Å²) < 4.78 is 0. The first-order chi connectivity index (χ1) is 9.11. The number of hydrogen-bond donors (Lipinski definition) is 0. The van der Waals surface area contributed by atoms with Crippen molar-refractivity contribution in [3.8, 4) is 0 Å². The highest BCUT2D eigenvalue weighted by atomic mass is 32.1. The standard InChI is InChI=1S/C18H24S/c1-5-6-7-17(18-10-13(2)12-19-18)16-9-8-14(3)15(4)11-16/h8-12,17H,5-7H2,1-4H3. The Morgan fingerprint density at radius 3 is 2.42 bits per heavy atom. The van der Waals surface area contributed by atoms with Crippen LogP contribution in [-0.2, 0) is 0 Å². The molecule has 102 valence electrons. The number of unbranched alkanes of at least 4 members (excludes halogenated alkanes) is 1. The minimum absolute atomic E-state index is 0.581. The normalized spacial score (nSPS) is 12.6. The van der Waals surface area contributed by atoms with E-state index in [2.05, 4.69) is 57.3 Å². The van der Waals surface area contributed by atoms with E-state index in [-0.39, 0.29) is 0 Å². The van der Waals surface area contributed by atoms with Crippen LogP contribution in [0.4, 0.5) is 0 Å². The summed E-state index contributed by atoms with van der Waals surface area (Å²) in [6, 6.07) is 9.33. The molecule has 2 rings (SSSR count). The molecule has 0 amide bonds. The second-order valence-corrected chi connectivity index (χ2v) is 6.51. The second kappa shape index (κ2) is 6.38. The first-order valence-corrected chi connectivity index (χ1v) is 8.12. The molecular weight excluding hydrogens is 248 g/mol. The van der Waals surface area contributed by atoms with E-state index in [0.29, 0.717) is 5.92 Å². The third-order valence-electron chi connectivity index (χ3n) is 3.87. The maximum atomic E-state index is 2.38. The van der Waals surface area contributed by atoms with Crippen LogP contribution in [0.25, 0.3) is 0 Å². The van der Waals surface area contributed by atoms with Crippen LogP contribution >= 0.6 is 11.3 Å². The summed E-state index contributed by atoms with van der Waals surface area (Å²) >= 11 is 1.91. The molecule has 0 N–H and O–H groups in total. The average Bonchev–Trinajstić information content (AvgIpc) is 2.80. The number of thiophene rings is 1. The highest BCUT2D eigenvalue weighted by Gasteiger charge is 2.16. The maximum Gasteiger partial charge on any atom is 0.0184 e. The van der Waals surface area contributed by atoms with Crippen molar-refractivity contribution >= 4 is 11.3 Å². The Labute approximate surface area is 121 Å². The fourth-order valence-electron chi connectivity index (χ4n) is 2.50. The molecule has 0 spiro atoms. The summed E-state index contributed by atoms with van der Waals surface area (Å²) in [5, 5.41) is 2.27. The lowest BCUT2D eigenvalue weighted by Crippen LogP contribution is -2.00. The molecule has 0 aliphatic carbocycles. The molecule has 0 saturated carbocycles. The summed E-state index contributed by atoms with van der Waals surface area (Å²) in [5.74, 6) is 0.581. The molecule has 0 nitrogen and oxygen atoms in total. The highest BCUT2D eigenvalue weighted by molar-refractivity contribution is 7.10. The highest BCUT2D eigenvalue weighted by Crippen LogP contribution is 2.34. The van der Waals surface area contributed by atoms with Crippen LogP contribution in [0.2, 0.25) is 0 Å². The van der Waals surface area contributed by atoms with Crippen molar-refractivity contribution in [1.29, 1.82) is 0 Å². The SMILES string of the molecule is CCCCC(c1ccc(C)c(C)c1)c1cc(C)cs1. The summed E-state index contributed by atoms with van der Waals surface area (Å²) in [5.41, 5.74) is 5.68. The van der Waals surface area contributed by atoms with Crippen LogP contribution in [0, 0.1) is 20.8 Å². The monoisotopic (exact) mass is 272 g/mol. The van der Waals surface area contributed by atoms with Gasteiger partial charge in [0.15, 0.2) is 0 Å². The Hall–Kier alpha value is -1.08. The minimum atomic E-state index is 0.581. The lowest BCUT2D eigenvalue weighted by molar-refractivity contribution is 0.657. The van der Waals surface area contributed by atoms with Gasteiger partial charge >= 0.3 is 0 Å². The smallest absolute Gasteiger partial charge is 0.0184 e. The van der Waals surface area contributed by atoms with Gasteiger partial charge in [-0.15, -0.1) is 11.3 Å². The zero-order valence-electron chi connectivity index (χ0n) is 12.5. The van der Waals surface area contributed by atoms with Gasteiger partial charge in [-0.05, 0) is 60.9 Å². The van der Waals surface area contributed by atoms with Crippen LogP contribution < -0.4 is 0 Å². The summed E-state index contributed by atoms with van der Waals surface area (Å²) in [6.07, 6.45) is 3.83. The molecule has 1 heterocycles. The van der Waals surface area contributed by atoms with Gasteiger partial charge in [0.25, 0.3) is 0 Å². The quantitative estimate of drug-likeness (QED) is 0.626. The van der Waals surface area contributed by atoms with Crippen LogP contribution in [0.3, 0.4) is 0 Å². The first-order valence-electron chi connectivity index (χ1n) is 7.24. The van der Waals surface area contributed by atoms with Crippen molar-refractivity contribution in [1.82, 2.24) is 0 Å². The predicted octanol–water partition coefficient (Wildman–Crippen LogP) is 6.00. The van der Waals surface area contributed by atoms with Gasteiger partial charge in [0.05, 0.1) is 0 Å². The zero-order chi connectivity index (χ0) is 13.8. The van der Waals surface area contributed by atoms with Gasteiger partial charge in [-0.3, -0.25) is 0 Å². The fraction of sp³-hybridized carbons (Fsp3) is 0.444. The molecular formula is C18H24S. The van der Waals surface area contributed by atoms with E-state index in [1.165, 1.54) is 46.4 Å². The van der Waals surface area contributed by atoms with E-state index in [1.807, 2.05) is 11.3 Å². The second-order valence-electron chi connectivity index (χ2n) is 5.56. The van der Waals surface area contributed by atoms with Crippen LogP contribution in [0.5, 0.6) is 0 Å². The molecule has 2 aromatic rings. The van der Waals surface area contributed by atoms with Gasteiger partial charge in [-0.25, -0.2) is 0 Å². The molecule has 1 aromatic heterocycles. The Kier molecular flexibility index (Phi) is 4.81. The molecule has 0 saturated heterocycles. The van der Waals surface area contributed by atoms with E-state index in [1.54, 1.807) is 0 Å². The lowest BCUT2D eigenvalue weighted by Gasteiger charge is -2.17. The third-order valence-corrected chi connectivity index (χ3v) is 5.04. The largest absolute Gasteiger partial charge is 0.148 e. The van der Waals surface area contributed by atoms with Gasteiger partial charge in [-0.1, -0.05) is 38.0 Å². The third kappa shape index (κ3) is 3.48. The molecule has 1 atom stereocenters. The Bertz CT molecular complexity index is 536. The maximum absolute atomic E-state index is 2.38. The number of hydrogen-bond acceptors (Lipinski definition) is 1. The molecule has 0 aliphatic heterocycles. The molecule has 1 heteroatoms. The number of benzene rings is 1. The zero-order valence-corrected chi connectivity index (χ0v) is 13.3. The van der Waals surface area contributed by atoms with E-state index in [0.717, 1.165) is 0 Å². The van der Waals surface area contributed by atoms with Gasteiger partial charge < -0.3 is 0 Å². The van der Waals surface area contributed by atoms with Gasteiger partial charge in [0.1, 0.15) is 0 Å². The fourth-order valence-corrected chi connectivity index (χ4v) is 3.56. The molecule has 0 fully saturated rings. The number of rotatable bonds is 5. The van der Waals surface area contributed by atoms with E-state index in [4.69, 9.17) is 0 Å². The topological polar surface area (TPSA) is 0 Å². The van der Waals surface area contributed by atoms with E-state index in [9.17, 15) is 0 Å². The Morgan fingerprint density at radius 1 is 1.05 bits per heavy atom. The van der Waals surface area contributed by atoms with Crippen molar-refractivity contribution in [2.45, 2.75) is 52.9 Å². The van der Waals surface area contributed by atoms with Gasteiger partial charge in [0.2, 0.25) is 0 Å². The van der Waals surface area contributed by atoms with Crippen molar-refractivity contribution in [3.05, 3.63) is 56.8 Å². The van der Waals surface area contributed by atoms with Crippen LogP contribution in [0.15, 0.2) is 29.6 Å². The summed E-state index contributed by atoms with van der Waals surface area (Å²) in [4.78, 5) is 1.52. The van der Waals surface area contributed by atoms with E-state index >= 15 is 0 Å². The number of aryl methyl sites for hydroxylation is 3. The first kappa shape index (κ1) is 14.3. The Morgan fingerprint density at radius 2 is 1.84 bits per heavy atom. The van der Waals surface area contributed by atoms with Crippen LogP contribution in [0.1, 0.15) is 59.2 Å². The minimum Gasteiger partial charge on any atom is -0.148 e. The lowest BCUT2D eigenvalue weighted by atomic mass is 9.90. The van der Waals surface area contributed by atoms with Gasteiger partial charge in [-0.2, -0.15) is 0 Å². The molecule has 19 heavy (non-hydrogen) atoms. The average molecular weight is 272 g/mol. The summed E-state index contributed by atoms with van der Waals surface area (Å²) in [7, 11) is 0. The van der Waals surface area contributed by atoms with Gasteiger partial charge in [0, 0.05) is 10.8 Å². The molecule has 1 unspecified atom stereocenters. The Balaban J connectivity index is 2.33. The van der Waals surface area contributed by atoms with Crippen molar-refractivity contribution in [2.75, 3.05) is 0 Å². The van der Waals surface area contributed by atoms with Crippen molar-refractivity contribution in [2.24, 2.45) is 0 Å². The van der Waals surface area contributed by atoms with E-state index < -0.39 is 0 Å². The molecule has 0 radical (unpaired) electrons. The van der Waals surface area contributed by atoms with Crippen molar-refractivity contribution < 1.29 is 0 Å². The summed E-state index contributed by atoms with van der Waals surface area (Å²) in [6.45, 7) is 8.87.